The van der Waals surface area contributed by atoms with E-state index in [-0.39, 0.29) is 12.6 Å². The smallest absolute Gasteiger partial charge is 0.0626 e. The number of nitrogens with one attached hydrogen (secondary N) is 1. The van der Waals surface area contributed by atoms with E-state index < -0.39 is 0 Å². The van der Waals surface area contributed by atoms with Crippen LogP contribution < -0.4 is 5.32 Å². The van der Waals surface area contributed by atoms with Gasteiger partial charge in [-0.2, -0.15) is 0 Å². The van der Waals surface area contributed by atoms with Gasteiger partial charge in [-0.3, -0.25) is 0 Å². The summed E-state index contributed by atoms with van der Waals surface area (Å²) in [6.07, 6.45) is 3.73. The van der Waals surface area contributed by atoms with E-state index in [9.17, 15) is 5.11 Å². The summed E-state index contributed by atoms with van der Waals surface area (Å²) in [5, 5.41) is 13.3. The zero-order valence-electron chi connectivity index (χ0n) is 12.4. The van der Waals surface area contributed by atoms with Crippen LogP contribution in [0.3, 0.4) is 0 Å². The lowest BCUT2D eigenvalue weighted by atomic mass is 9.70. The van der Waals surface area contributed by atoms with Crippen LogP contribution in [0.2, 0.25) is 0 Å². The molecule has 19 heavy (non-hydrogen) atoms. The molecule has 2 heteroatoms. The number of hydrogen-bond acceptors (Lipinski definition) is 2. The Bertz CT molecular complexity index is 388. The van der Waals surface area contributed by atoms with Gasteiger partial charge in [-0.1, -0.05) is 51.1 Å². The van der Waals surface area contributed by atoms with Gasteiger partial charge in [0.2, 0.25) is 0 Å². The molecule has 2 nitrogen and oxygen atoms in total. The van der Waals surface area contributed by atoms with Gasteiger partial charge in [0.1, 0.15) is 0 Å². The van der Waals surface area contributed by atoms with Crippen LogP contribution in [0.4, 0.5) is 0 Å². The SMILES string of the molecule is CC1CC(C)(C)CCC1NC(CO)c1ccccc1. The van der Waals surface area contributed by atoms with E-state index in [1.807, 2.05) is 18.2 Å². The van der Waals surface area contributed by atoms with Gasteiger partial charge in [0, 0.05) is 6.04 Å². The molecule has 0 amide bonds. The molecule has 1 aromatic carbocycles. The van der Waals surface area contributed by atoms with Crippen molar-refractivity contribution in [1.82, 2.24) is 5.32 Å². The van der Waals surface area contributed by atoms with Crippen LogP contribution in [0, 0.1) is 11.3 Å². The highest BCUT2D eigenvalue weighted by Crippen LogP contribution is 2.39. The van der Waals surface area contributed by atoms with Crippen LogP contribution in [-0.4, -0.2) is 17.8 Å². The van der Waals surface area contributed by atoms with Gasteiger partial charge >= 0.3 is 0 Å². The van der Waals surface area contributed by atoms with Crippen LogP contribution >= 0.6 is 0 Å². The summed E-state index contributed by atoms with van der Waals surface area (Å²) in [7, 11) is 0. The van der Waals surface area contributed by atoms with Crippen molar-refractivity contribution in [3.63, 3.8) is 0 Å². The molecule has 0 bridgehead atoms. The van der Waals surface area contributed by atoms with Gasteiger partial charge in [-0.25, -0.2) is 0 Å². The minimum Gasteiger partial charge on any atom is -0.394 e. The summed E-state index contributed by atoms with van der Waals surface area (Å²) in [6, 6.07) is 10.8. The average molecular weight is 261 g/mol. The van der Waals surface area contributed by atoms with Gasteiger partial charge in [0.15, 0.2) is 0 Å². The van der Waals surface area contributed by atoms with Crippen molar-refractivity contribution < 1.29 is 5.11 Å². The largest absolute Gasteiger partial charge is 0.394 e. The summed E-state index contributed by atoms with van der Waals surface area (Å²) in [4.78, 5) is 0. The maximum Gasteiger partial charge on any atom is 0.0626 e. The van der Waals surface area contributed by atoms with Crippen LogP contribution in [0.15, 0.2) is 30.3 Å². The van der Waals surface area contributed by atoms with Gasteiger partial charge in [0.05, 0.1) is 12.6 Å². The zero-order valence-corrected chi connectivity index (χ0v) is 12.4. The average Bonchev–Trinajstić information content (AvgIpc) is 2.38. The fourth-order valence-electron chi connectivity index (χ4n) is 3.39. The van der Waals surface area contributed by atoms with Crippen molar-refractivity contribution in [2.45, 2.75) is 52.1 Å². The summed E-state index contributed by atoms with van der Waals surface area (Å²) in [6.45, 7) is 7.22. The number of aliphatic hydroxyl groups is 1. The maximum absolute atomic E-state index is 9.64. The highest BCUT2D eigenvalue weighted by atomic mass is 16.3. The lowest BCUT2D eigenvalue weighted by Crippen LogP contribution is -2.44. The van der Waals surface area contributed by atoms with Crippen LogP contribution in [0.1, 0.15) is 51.6 Å². The standard InChI is InChI=1S/C17H27NO/c1-13-11-17(2,3)10-9-15(13)18-16(12-19)14-7-5-4-6-8-14/h4-8,13,15-16,18-19H,9-12H2,1-3H3. The van der Waals surface area contributed by atoms with E-state index in [0.29, 0.717) is 17.4 Å². The molecule has 1 aliphatic rings. The molecule has 0 heterocycles. The third kappa shape index (κ3) is 3.80. The molecule has 3 atom stereocenters. The molecule has 0 aliphatic heterocycles. The molecule has 2 N–H and O–H groups in total. The number of hydrogen-bond donors (Lipinski definition) is 2. The molecule has 0 saturated heterocycles. The first-order chi connectivity index (χ1) is 9.02. The Morgan fingerprint density at radius 3 is 2.58 bits per heavy atom. The second kappa shape index (κ2) is 6.06. The van der Waals surface area contributed by atoms with E-state index in [1.54, 1.807) is 0 Å². The highest BCUT2D eigenvalue weighted by molar-refractivity contribution is 5.19. The zero-order chi connectivity index (χ0) is 13.9. The summed E-state index contributed by atoms with van der Waals surface area (Å²) in [5.41, 5.74) is 1.65. The van der Waals surface area contributed by atoms with Gasteiger partial charge < -0.3 is 10.4 Å². The third-order valence-corrected chi connectivity index (χ3v) is 4.49. The van der Waals surface area contributed by atoms with E-state index in [1.165, 1.54) is 24.8 Å². The monoisotopic (exact) mass is 261 g/mol. The van der Waals surface area contributed by atoms with Crippen molar-refractivity contribution in [2.75, 3.05) is 6.61 Å². The van der Waals surface area contributed by atoms with Gasteiger partial charge in [-0.15, -0.1) is 0 Å². The summed E-state index contributed by atoms with van der Waals surface area (Å²) < 4.78 is 0. The second-order valence-corrected chi connectivity index (χ2v) is 6.80. The van der Waals surface area contributed by atoms with Crippen molar-refractivity contribution >= 4 is 0 Å². The third-order valence-electron chi connectivity index (χ3n) is 4.49. The predicted molar refractivity (Wildman–Crippen MR) is 80.0 cm³/mol. The molecule has 1 saturated carbocycles. The van der Waals surface area contributed by atoms with E-state index >= 15 is 0 Å². The van der Waals surface area contributed by atoms with Crippen molar-refractivity contribution in [3.05, 3.63) is 35.9 Å². The quantitative estimate of drug-likeness (QED) is 0.869. The summed E-state index contributed by atoms with van der Waals surface area (Å²) in [5.74, 6) is 0.668. The molecular weight excluding hydrogens is 234 g/mol. The topological polar surface area (TPSA) is 32.3 Å². The lowest BCUT2D eigenvalue weighted by molar-refractivity contribution is 0.129. The maximum atomic E-state index is 9.64. The Hall–Kier alpha value is -0.860. The highest BCUT2D eigenvalue weighted by Gasteiger charge is 2.33. The molecule has 3 unspecified atom stereocenters. The number of aliphatic hydroxyl groups excluding tert-OH is 1. The molecule has 106 valence electrons. The first-order valence-electron chi connectivity index (χ1n) is 7.44. The van der Waals surface area contributed by atoms with Crippen LogP contribution in [0.25, 0.3) is 0 Å². The molecule has 0 radical (unpaired) electrons. The van der Waals surface area contributed by atoms with Crippen LogP contribution in [-0.2, 0) is 0 Å². The molecule has 0 spiro atoms. The minimum atomic E-state index is 0.0647. The van der Waals surface area contributed by atoms with Crippen LogP contribution in [0.5, 0.6) is 0 Å². The van der Waals surface area contributed by atoms with E-state index in [4.69, 9.17) is 0 Å². The second-order valence-electron chi connectivity index (χ2n) is 6.80. The first-order valence-corrected chi connectivity index (χ1v) is 7.44. The van der Waals surface area contributed by atoms with Crippen molar-refractivity contribution in [2.24, 2.45) is 11.3 Å². The Kier molecular flexibility index (Phi) is 4.64. The Balaban J connectivity index is 2.00. The predicted octanol–water partition coefficient (Wildman–Crippen LogP) is 3.52. The van der Waals surface area contributed by atoms with Crippen molar-refractivity contribution in [1.29, 1.82) is 0 Å². The Labute approximate surface area is 117 Å². The molecule has 1 aromatic rings. The first kappa shape index (κ1) is 14.5. The van der Waals surface area contributed by atoms with Crippen molar-refractivity contribution in [3.8, 4) is 0 Å². The van der Waals surface area contributed by atoms with Gasteiger partial charge in [0.25, 0.3) is 0 Å². The van der Waals surface area contributed by atoms with E-state index in [0.717, 1.165) is 0 Å². The van der Waals surface area contributed by atoms with E-state index in [2.05, 4.69) is 38.2 Å². The Morgan fingerprint density at radius 2 is 2.00 bits per heavy atom. The van der Waals surface area contributed by atoms with Gasteiger partial charge in [-0.05, 0) is 36.2 Å². The molecule has 1 fully saturated rings. The molecule has 1 aliphatic carbocycles. The molecule has 2 rings (SSSR count). The fraction of sp³-hybridized carbons (Fsp3) is 0.647. The molecule has 0 aromatic heterocycles. The normalized spacial score (nSPS) is 28.0. The number of rotatable bonds is 4. The minimum absolute atomic E-state index is 0.0647. The number of benzene rings is 1. The summed E-state index contributed by atoms with van der Waals surface area (Å²) >= 11 is 0. The fourth-order valence-corrected chi connectivity index (χ4v) is 3.39. The Morgan fingerprint density at radius 1 is 1.32 bits per heavy atom. The lowest BCUT2D eigenvalue weighted by Gasteiger charge is -2.41. The molecular formula is C17H27NO.